The van der Waals surface area contributed by atoms with Crippen LogP contribution in [0, 0.1) is 6.92 Å². The smallest absolute Gasteiger partial charge is 0.270 e. The normalized spacial score (nSPS) is 11.3. The standard InChI is InChI=1S/C6H8BrN3O2S/c1-4-2-5(3-9-6(4)7)10-13(8,11)12/h2-3,10H,1H3,(H2,8,11,12). The fraction of sp³-hybridized carbons (Fsp3) is 0.167. The van der Waals surface area contributed by atoms with Crippen LogP contribution in [0.15, 0.2) is 16.9 Å². The Bertz CT molecular complexity index is 418. The monoisotopic (exact) mass is 265 g/mol. The third-order valence-corrected chi connectivity index (χ3v) is 2.62. The Hall–Kier alpha value is -0.660. The maximum atomic E-state index is 10.6. The van der Waals surface area contributed by atoms with Gasteiger partial charge in [0.25, 0.3) is 10.2 Å². The Morgan fingerprint density at radius 2 is 2.23 bits per heavy atom. The van der Waals surface area contributed by atoms with Gasteiger partial charge in [-0.1, -0.05) is 0 Å². The van der Waals surface area contributed by atoms with Gasteiger partial charge in [-0.15, -0.1) is 0 Å². The maximum absolute atomic E-state index is 10.6. The predicted molar refractivity (Wildman–Crippen MR) is 53.4 cm³/mol. The summed E-state index contributed by atoms with van der Waals surface area (Å²) in [6, 6.07) is 1.63. The zero-order valence-corrected chi connectivity index (χ0v) is 9.18. The fourth-order valence-corrected chi connectivity index (χ4v) is 1.44. The summed E-state index contributed by atoms with van der Waals surface area (Å²) in [4.78, 5) is 3.90. The van der Waals surface area contributed by atoms with Gasteiger partial charge in [0, 0.05) is 0 Å². The summed E-state index contributed by atoms with van der Waals surface area (Å²) in [5, 5.41) is 4.78. The van der Waals surface area contributed by atoms with Crippen molar-refractivity contribution < 1.29 is 8.42 Å². The topological polar surface area (TPSA) is 85.1 Å². The molecule has 0 aliphatic carbocycles. The molecule has 1 aromatic rings. The molecule has 1 rings (SSSR count). The summed E-state index contributed by atoms with van der Waals surface area (Å²) in [6.45, 7) is 1.80. The average Bonchev–Trinajstić information content (AvgIpc) is 1.94. The molecule has 0 atom stereocenters. The lowest BCUT2D eigenvalue weighted by molar-refractivity contribution is 0.603. The second kappa shape index (κ2) is 3.60. The highest BCUT2D eigenvalue weighted by atomic mass is 79.9. The van der Waals surface area contributed by atoms with Crippen LogP contribution >= 0.6 is 15.9 Å². The van der Waals surface area contributed by atoms with Crippen molar-refractivity contribution in [1.29, 1.82) is 0 Å². The van der Waals surface area contributed by atoms with E-state index in [2.05, 4.69) is 25.6 Å². The molecule has 5 nitrogen and oxygen atoms in total. The minimum atomic E-state index is -3.71. The zero-order chi connectivity index (χ0) is 10.1. The molecule has 0 aromatic carbocycles. The van der Waals surface area contributed by atoms with Crippen molar-refractivity contribution >= 4 is 31.8 Å². The van der Waals surface area contributed by atoms with Gasteiger partial charge < -0.3 is 0 Å². The molecule has 72 valence electrons. The van der Waals surface area contributed by atoms with Crippen molar-refractivity contribution in [2.24, 2.45) is 5.14 Å². The van der Waals surface area contributed by atoms with Crippen molar-refractivity contribution in [3.63, 3.8) is 0 Å². The molecule has 0 spiro atoms. The summed E-state index contributed by atoms with van der Waals surface area (Å²) in [7, 11) is -3.71. The molecule has 0 saturated heterocycles. The predicted octanol–water partition coefficient (Wildman–Crippen LogP) is 0.768. The van der Waals surface area contributed by atoms with Crippen LogP contribution in [-0.4, -0.2) is 13.4 Å². The molecule has 1 heterocycles. The highest BCUT2D eigenvalue weighted by molar-refractivity contribution is 9.10. The molecule has 13 heavy (non-hydrogen) atoms. The van der Waals surface area contributed by atoms with Gasteiger partial charge >= 0.3 is 0 Å². The van der Waals surface area contributed by atoms with E-state index in [9.17, 15) is 8.42 Å². The first kappa shape index (κ1) is 10.4. The lowest BCUT2D eigenvalue weighted by Gasteiger charge is -2.04. The number of rotatable bonds is 2. The number of halogens is 1. The quantitative estimate of drug-likeness (QED) is 0.775. The first-order chi connectivity index (χ1) is 5.88. The van der Waals surface area contributed by atoms with E-state index < -0.39 is 10.2 Å². The van der Waals surface area contributed by atoms with E-state index in [4.69, 9.17) is 5.14 Å². The van der Waals surface area contributed by atoms with Crippen LogP contribution in [0.3, 0.4) is 0 Å². The lowest BCUT2D eigenvalue weighted by atomic mass is 10.3. The summed E-state index contributed by atoms with van der Waals surface area (Å²) in [5.74, 6) is 0. The van der Waals surface area contributed by atoms with E-state index in [0.29, 0.717) is 10.3 Å². The Kier molecular flexibility index (Phi) is 2.89. The van der Waals surface area contributed by atoms with Crippen molar-refractivity contribution in [1.82, 2.24) is 4.98 Å². The number of aromatic nitrogens is 1. The molecule has 0 amide bonds. The Morgan fingerprint density at radius 3 is 2.69 bits per heavy atom. The maximum Gasteiger partial charge on any atom is 0.296 e. The Morgan fingerprint density at radius 1 is 1.62 bits per heavy atom. The zero-order valence-electron chi connectivity index (χ0n) is 6.78. The van der Waals surface area contributed by atoms with Crippen LogP contribution in [0.2, 0.25) is 0 Å². The molecule has 0 fully saturated rings. The molecule has 0 aliphatic rings. The first-order valence-corrected chi connectivity index (χ1v) is 5.65. The molecule has 0 bridgehead atoms. The van der Waals surface area contributed by atoms with E-state index in [0.717, 1.165) is 5.56 Å². The van der Waals surface area contributed by atoms with Crippen molar-refractivity contribution in [3.05, 3.63) is 22.4 Å². The molecular weight excluding hydrogens is 258 g/mol. The number of anilines is 1. The molecule has 7 heteroatoms. The largest absolute Gasteiger partial charge is 0.296 e. The number of nitrogens with one attached hydrogen (secondary N) is 1. The van der Waals surface area contributed by atoms with Crippen LogP contribution < -0.4 is 9.86 Å². The van der Waals surface area contributed by atoms with Crippen LogP contribution in [0.1, 0.15) is 5.56 Å². The van der Waals surface area contributed by atoms with Crippen LogP contribution in [0.4, 0.5) is 5.69 Å². The molecule has 0 unspecified atom stereocenters. The van der Waals surface area contributed by atoms with E-state index in [-0.39, 0.29) is 0 Å². The molecular formula is C6H8BrN3O2S. The summed E-state index contributed by atoms with van der Waals surface area (Å²) in [5.41, 5.74) is 1.18. The van der Waals surface area contributed by atoms with Gasteiger partial charge in [-0.2, -0.15) is 8.42 Å². The second-order valence-electron chi connectivity index (χ2n) is 2.48. The third-order valence-electron chi connectivity index (χ3n) is 1.27. The summed E-state index contributed by atoms with van der Waals surface area (Å²) in [6.07, 6.45) is 1.38. The Balaban J connectivity index is 2.99. The minimum Gasteiger partial charge on any atom is -0.270 e. The van der Waals surface area contributed by atoms with Gasteiger partial charge in [0.2, 0.25) is 0 Å². The number of hydrogen-bond acceptors (Lipinski definition) is 3. The van der Waals surface area contributed by atoms with E-state index in [1.807, 2.05) is 0 Å². The minimum absolute atomic E-state index is 0.350. The van der Waals surface area contributed by atoms with Gasteiger partial charge in [0.1, 0.15) is 4.60 Å². The third kappa shape index (κ3) is 3.29. The second-order valence-corrected chi connectivity index (χ2v) is 4.52. The van der Waals surface area contributed by atoms with Crippen molar-refractivity contribution in [2.75, 3.05) is 4.72 Å². The first-order valence-electron chi connectivity index (χ1n) is 3.31. The van der Waals surface area contributed by atoms with Crippen molar-refractivity contribution in [2.45, 2.75) is 6.92 Å². The van der Waals surface area contributed by atoms with Gasteiger partial charge in [0.15, 0.2) is 0 Å². The van der Waals surface area contributed by atoms with E-state index in [1.54, 1.807) is 13.0 Å². The van der Waals surface area contributed by atoms with Gasteiger partial charge in [-0.05, 0) is 34.5 Å². The van der Waals surface area contributed by atoms with E-state index in [1.165, 1.54) is 6.20 Å². The van der Waals surface area contributed by atoms with Crippen LogP contribution in [0.5, 0.6) is 0 Å². The molecule has 0 radical (unpaired) electrons. The fourth-order valence-electron chi connectivity index (χ4n) is 0.778. The number of aryl methyl sites for hydroxylation is 1. The van der Waals surface area contributed by atoms with Crippen LogP contribution in [-0.2, 0) is 10.2 Å². The van der Waals surface area contributed by atoms with Crippen molar-refractivity contribution in [3.8, 4) is 0 Å². The molecule has 1 aromatic heterocycles. The van der Waals surface area contributed by atoms with Gasteiger partial charge in [-0.25, -0.2) is 10.1 Å². The SMILES string of the molecule is Cc1cc(NS(N)(=O)=O)cnc1Br. The average molecular weight is 266 g/mol. The van der Waals surface area contributed by atoms with Gasteiger partial charge in [0.05, 0.1) is 11.9 Å². The summed E-state index contributed by atoms with van der Waals surface area (Å²) >= 11 is 3.19. The van der Waals surface area contributed by atoms with Gasteiger partial charge in [-0.3, -0.25) is 4.72 Å². The summed E-state index contributed by atoms with van der Waals surface area (Å²) < 4.78 is 24.0. The number of pyridine rings is 1. The number of nitrogens with zero attached hydrogens (tertiary/aromatic N) is 1. The van der Waals surface area contributed by atoms with E-state index >= 15 is 0 Å². The van der Waals surface area contributed by atoms with Crippen LogP contribution in [0.25, 0.3) is 0 Å². The highest BCUT2D eigenvalue weighted by Gasteiger charge is 2.03. The Labute approximate surface area is 84.7 Å². The molecule has 0 saturated carbocycles. The molecule has 0 aliphatic heterocycles. The number of hydrogen-bond donors (Lipinski definition) is 2. The lowest BCUT2D eigenvalue weighted by Crippen LogP contribution is -2.21. The molecule has 3 N–H and O–H groups in total. The highest BCUT2D eigenvalue weighted by Crippen LogP contribution is 2.16. The number of nitrogens with two attached hydrogens (primary N) is 1.